The Morgan fingerprint density at radius 3 is 2.85 bits per heavy atom. The molecule has 2 heterocycles. The number of carbonyl (C=O) groups is 1. The minimum atomic E-state index is -0.217. The number of aromatic nitrogens is 1. The normalized spacial score (nSPS) is 13.8. The molecule has 0 spiro atoms. The fraction of sp³-hybridized carbons (Fsp3) is 0.0667. The summed E-state index contributed by atoms with van der Waals surface area (Å²) in [6, 6.07) is 11.5. The van der Waals surface area contributed by atoms with Crippen molar-refractivity contribution in [2.24, 2.45) is 0 Å². The van der Waals surface area contributed by atoms with Crippen LogP contribution < -0.4 is 10.1 Å². The first-order valence-electron chi connectivity index (χ1n) is 6.09. The highest BCUT2D eigenvalue weighted by Gasteiger charge is 2.18. The maximum atomic E-state index is 11.3. The molecule has 0 unspecified atom stereocenters. The Bertz CT molecular complexity index is 684. The number of fused-ring (bicyclic) bond motifs is 1. The SMILES string of the molecule is O=C1COc2cc(Cl)c(C=Cc3ccccc3)nc2N1. The minimum Gasteiger partial charge on any atom is -0.480 e. The van der Waals surface area contributed by atoms with E-state index in [2.05, 4.69) is 10.3 Å². The first-order chi connectivity index (χ1) is 9.72. The van der Waals surface area contributed by atoms with Gasteiger partial charge in [0.15, 0.2) is 18.2 Å². The van der Waals surface area contributed by atoms with Crippen molar-refractivity contribution in [3.8, 4) is 5.75 Å². The van der Waals surface area contributed by atoms with Gasteiger partial charge in [0.05, 0.1) is 10.7 Å². The Hall–Kier alpha value is -2.33. The first kappa shape index (κ1) is 12.7. The topological polar surface area (TPSA) is 51.2 Å². The standard InChI is InChI=1S/C15H11ClN2O2/c16-11-8-13-15(18-14(19)9-20-13)17-12(11)7-6-10-4-2-1-3-5-10/h1-8H,9H2,(H,17,18,19). The van der Waals surface area contributed by atoms with Crippen LogP contribution in [-0.4, -0.2) is 17.5 Å². The second-order valence-electron chi connectivity index (χ2n) is 4.28. The Kier molecular flexibility index (Phi) is 3.39. The van der Waals surface area contributed by atoms with Crippen LogP contribution in [0.15, 0.2) is 36.4 Å². The maximum Gasteiger partial charge on any atom is 0.263 e. The number of ether oxygens (including phenoxy) is 1. The lowest BCUT2D eigenvalue weighted by Gasteiger charge is -2.17. The summed E-state index contributed by atoms with van der Waals surface area (Å²) in [5.41, 5.74) is 1.63. The Balaban J connectivity index is 1.92. The molecule has 4 nitrogen and oxygen atoms in total. The zero-order valence-electron chi connectivity index (χ0n) is 10.5. The molecule has 0 saturated carbocycles. The van der Waals surface area contributed by atoms with E-state index < -0.39 is 0 Å². The van der Waals surface area contributed by atoms with Gasteiger partial charge in [-0.05, 0) is 11.6 Å². The summed E-state index contributed by atoms with van der Waals surface area (Å²) in [5, 5.41) is 3.14. The summed E-state index contributed by atoms with van der Waals surface area (Å²) >= 11 is 6.16. The van der Waals surface area contributed by atoms with Crippen molar-refractivity contribution >= 4 is 35.5 Å². The van der Waals surface area contributed by atoms with Gasteiger partial charge in [-0.15, -0.1) is 0 Å². The van der Waals surface area contributed by atoms with E-state index in [0.717, 1.165) is 5.56 Å². The summed E-state index contributed by atoms with van der Waals surface area (Å²) in [4.78, 5) is 15.6. The highest BCUT2D eigenvalue weighted by atomic mass is 35.5. The minimum absolute atomic E-state index is 0.00971. The molecule has 20 heavy (non-hydrogen) atoms. The number of carbonyl (C=O) groups excluding carboxylic acids is 1. The highest BCUT2D eigenvalue weighted by Crippen LogP contribution is 2.31. The third-order valence-electron chi connectivity index (χ3n) is 2.82. The van der Waals surface area contributed by atoms with E-state index in [1.165, 1.54) is 0 Å². The van der Waals surface area contributed by atoms with Crippen molar-refractivity contribution in [1.29, 1.82) is 0 Å². The molecule has 1 amide bonds. The van der Waals surface area contributed by atoms with Crippen molar-refractivity contribution in [3.63, 3.8) is 0 Å². The number of amides is 1. The van der Waals surface area contributed by atoms with E-state index in [1.54, 1.807) is 12.1 Å². The van der Waals surface area contributed by atoms with Gasteiger partial charge in [0.25, 0.3) is 5.91 Å². The molecule has 0 fully saturated rings. The van der Waals surface area contributed by atoms with Gasteiger partial charge in [0.1, 0.15) is 0 Å². The van der Waals surface area contributed by atoms with E-state index >= 15 is 0 Å². The van der Waals surface area contributed by atoms with Gasteiger partial charge in [-0.25, -0.2) is 4.98 Å². The van der Waals surface area contributed by atoms with Crippen molar-refractivity contribution in [2.75, 3.05) is 11.9 Å². The van der Waals surface area contributed by atoms with Gasteiger partial charge in [0, 0.05) is 6.07 Å². The first-order valence-corrected chi connectivity index (χ1v) is 6.46. The summed E-state index contributed by atoms with van der Waals surface area (Å²) in [6.45, 7) is -0.00971. The molecule has 3 rings (SSSR count). The molecule has 0 radical (unpaired) electrons. The zero-order chi connectivity index (χ0) is 13.9. The number of hydrogen-bond donors (Lipinski definition) is 1. The Morgan fingerprint density at radius 2 is 2.05 bits per heavy atom. The molecule has 1 aromatic heterocycles. The van der Waals surface area contributed by atoms with E-state index in [4.69, 9.17) is 16.3 Å². The second-order valence-corrected chi connectivity index (χ2v) is 4.69. The van der Waals surface area contributed by atoms with Crippen molar-refractivity contribution in [1.82, 2.24) is 4.98 Å². The number of rotatable bonds is 2. The summed E-state index contributed by atoms with van der Waals surface area (Å²) < 4.78 is 5.25. The fourth-order valence-corrected chi connectivity index (χ4v) is 2.06. The lowest BCUT2D eigenvalue weighted by atomic mass is 10.2. The molecule has 2 aromatic rings. The lowest BCUT2D eigenvalue weighted by Crippen LogP contribution is -2.26. The molecule has 5 heteroatoms. The largest absolute Gasteiger partial charge is 0.480 e. The van der Waals surface area contributed by atoms with Gasteiger partial charge in [-0.3, -0.25) is 4.79 Å². The maximum absolute atomic E-state index is 11.3. The third kappa shape index (κ3) is 2.65. The highest BCUT2D eigenvalue weighted by molar-refractivity contribution is 6.32. The summed E-state index contributed by atoms with van der Waals surface area (Å²) in [5.74, 6) is 0.676. The quantitative estimate of drug-likeness (QED) is 0.922. The Labute approximate surface area is 121 Å². The van der Waals surface area contributed by atoms with Crippen LogP contribution in [0.5, 0.6) is 5.75 Å². The van der Waals surface area contributed by atoms with Crippen LogP contribution in [0.3, 0.4) is 0 Å². The molecule has 1 aliphatic heterocycles. The molecular formula is C15H11ClN2O2. The predicted octanol–water partition coefficient (Wildman–Crippen LogP) is 3.24. The third-order valence-corrected chi connectivity index (χ3v) is 3.12. The molecule has 0 aliphatic carbocycles. The van der Waals surface area contributed by atoms with E-state index in [0.29, 0.717) is 22.3 Å². The molecule has 0 bridgehead atoms. The zero-order valence-corrected chi connectivity index (χ0v) is 11.2. The molecule has 1 aromatic carbocycles. The lowest BCUT2D eigenvalue weighted by molar-refractivity contribution is -0.118. The molecule has 0 atom stereocenters. The van der Waals surface area contributed by atoms with E-state index in [1.807, 2.05) is 36.4 Å². The number of nitrogens with one attached hydrogen (secondary N) is 1. The van der Waals surface area contributed by atoms with Crippen LogP contribution in [0.4, 0.5) is 5.82 Å². The van der Waals surface area contributed by atoms with Gasteiger partial charge >= 0.3 is 0 Å². The number of hydrogen-bond acceptors (Lipinski definition) is 3. The predicted molar refractivity (Wildman–Crippen MR) is 78.7 cm³/mol. The fourth-order valence-electron chi connectivity index (χ4n) is 1.85. The molecule has 1 aliphatic rings. The number of pyridine rings is 1. The average molecular weight is 287 g/mol. The number of anilines is 1. The monoisotopic (exact) mass is 286 g/mol. The number of nitrogens with zero attached hydrogens (tertiary/aromatic N) is 1. The second kappa shape index (κ2) is 5.35. The van der Waals surface area contributed by atoms with Crippen LogP contribution >= 0.6 is 11.6 Å². The molecule has 1 N–H and O–H groups in total. The van der Waals surface area contributed by atoms with Crippen molar-refractivity contribution in [2.45, 2.75) is 0 Å². The van der Waals surface area contributed by atoms with Gasteiger partial charge in [-0.2, -0.15) is 0 Å². The van der Waals surface area contributed by atoms with Crippen molar-refractivity contribution in [3.05, 3.63) is 52.7 Å². The van der Waals surface area contributed by atoms with Crippen LogP contribution in [0.1, 0.15) is 11.3 Å². The van der Waals surface area contributed by atoms with Crippen LogP contribution in [0.2, 0.25) is 5.02 Å². The van der Waals surface area contributed by atoms with Crippen LogP contribution in [0, 0.1) is 0 Å². The smallest absolute Gasteiger partial charge is 0.263 e. The van der Waals surface area contributed by atoms with E-state index in [9.17, 15) is 4.79 Å². The van der Waals surface area contributed by atoms with Gasteiger partial charge in [0.2, 0.25) is 0 Å². The van der Waals surface area contributed by atoms with Gasteiger partial charge in [-0.1, -0.05) is 48.0 Å². The number of benzene rings is 1. The van der Waals surface area contributed by atoms with Crippen LogP contribution in [0.25, 0.3) is 12.2 Å². The summed E-state index contributed by atoms with van der Waals surface area (Å²) in [7, 11) is 0. The number of halogens is 1. The Morgan fingerprint density at radius 1 is 1.25 bits per heavy atom. The van der Waals surface area contributed by atoms with Crippen LogP contribution in [-0.2, 0) is 4.79 Å². The van der Waals surface area contributed by atoms with E-state index in [-0.39, 0.29) is 12.5 Å². The van der Waals surface area contributed by atoms with Crippen molar-refractivity contribution < 1.29 is 9.53 Å². The molecule has 100 valence electrons. The summed E-state index contributed by atoms with van der Waals surface area (Å²) in [6.07, 6.45) is 3.71. The molecular weight excluding hydrogens is 276 g/mol. The molecule has 0 saturated heterocycles. The van der Waals surface area contributed by atoms with Gasteiger partial charge < -0.3 is 10.1 Å². The average Bonchev–Trinajstić information content (AvgIpc) is 2.46.